The van der Waals surface area contributed by atoms with Crippen molar-refractivity contribution in [1.29, 1.82) is 0 Å². The summed E-state index contributed by atoms with van der Waals surface area (Å²) in [4.78, 5) is 15.8. The minimum atomic E-state index is -0.0216. The number of nitrogens with one attached hydrogen (secondary N) is 2. The highest BCUT2D eigenvalue weighted by molar-refractivity contribution is 6.07. The van der Waals surface area contributed by atoms with E-state index in [4.69, 9.17) is 0 Å². The average molecular weight is 314 g/mol. The van der Waals surface area contributed by atoms with Crippen LogP contribution in [0.15, 0.2) is 72.9 Å². The lowest BCUT2D eigenvalue weighted by molar-refractivity contribution is 0.0956. The molecule has 24 heavy (non-hydrogen) atoms. The average Bonchev–Trinajstić information content (AvgIpc) is 3.04. The normalized spacial score (nSPS) is 11.0. The van der Waals surface area contributed by atoms with Gasteiger partial charge < -0.3 is 10.3 Å². The zero-order chi connectivity index (χ0) is 16.4. The lowest BCUT2D eigenvalue weighted by atomic mass is 10.0. The predicted octanol–water partition coefficient (Wildman–Crippen LogP) is 4.29. The van der Waals surface area contributed by atoms with E-state index in [1.54, 1.807) is 0 Å². The van der Waals surface area contributed by atoms with Crippen LogP contribution in [0.25, 0.3) is 21.7 Å². The number of hydrogen-bond acceptors (Lipinski definition) is 1. The van der Waals surface area contributed by atoms with E-state index in [2.05, 4.69) is 22.4 Å². The minimum Gasteiger partial charge on any atom is -0.361 e. The summed E-state index contributed by atoms with van der Waals surface area (Å²) in [5, 5.41) is 6.34. The fourth-order valence-corrected chi connectivity index (χ4v) is 3.17. The van der Waals surface area contributed by atoms with E-state index in [0.717, 1.165) is 28.3 Å². The molecular formula is C21H18N2O. The third kappa shape index (κ3) is 2.65. The van der Waals surface area contributed by atoms with E-state index in [1.165, 1.54) is 10.9 Å². The van der Waals surface area contributed by atoms with Crippen LogP contribution in [0.4, 0.5) is 0 Å². The summed E-state index contributed by atoms with van der Waals surface area (Å²) in [7, 11) is 0. The number of hydrogen-bond donors (Lipinski definition) is 2. The Morgan fingerprint density at radius 2 is 1.62 bits per heavy atom. The standard InChI is InChI=1S/C21H18N2O/c24-21(19-10-5-7-15-6-1-2-8-17(15)19)22-13-12-16-14-23-20-11-4-3-9-18(16)20/h1-11,14,23H,12-13H2,(H,22,24). The Kier molecular flexibility index (Phi) is 3.75. The van der Waals surface area contributed by atoms with E-state index < -0.39 is 0 Å². The second-order valence-electron chi connectivity index (χ2n) is 5.89. The number of aromatic amines is 1. The molecule has 0 atom stereocenters. The van der Waals surface area contributed by atoms with Gasteiger partial charge in [-0.3, -0.25) is 4.79 Å². The summed E-state index contributed by atoms with van der Waals surface area (Å²) in [6.45, 7) is 0.615. The maximum atomic E-state index is 12.5. The van der Waals surface area contributed by atoms with Gasteiger partial charge in [-0.2, -0.15) is 0 Å². The molecule has 2 N–H and O–H groups in total. The monoisotopic (exact) mass is 314 g/mol. The van der Waals surface area contributed by atoms with Crippen LogP contribution in [0.3, 0.4) is 0 Å². The molecule has 3 nitrogen and oxygen atoms in total. The molecule has 0 spiro atoms. The van der Waals surface area contributed by atoms with Crippen molar-refractivity contribution in [2.75, 3.05) is 6.54 Å². The fourth-order valence-electron chi connectivity index (χ4n) is 3.17. The van der Waals surface area contributed by atoms with Gasteiger partial charge in [0, 0.05) is 29.2 Å². The molecule has 1 aromatic heterocycles. The van der Waals surface area contributed by atoms with E-state index in [9.17, 15) is 4.79 Å². The van der Waals surface area contributed by atoms with Crippen molar-refractivity contribution >= 4 is 27.6 Å². The molecule has 0 aliphatic rings. The van der Waals surface area contributed by atoms with Crippen molar-refractivity contribution in [1.82, 2.24) is 10.3 Å². The van der Waals surface area contributed by atoms with E-state index in [1.807, 2.05) is 60.8 Å². The number of benzene rings is 3. The van der Waals surface area contributed by atoms with Crippen LogP contribution in [0.5, 0.6) is 0 Å². The molecule has 4 rings (SSSR count). The predicted molar refractivity (Wildman–Crippen MR) is 98.3 cm³/mol. The Morgan fingerprint density at radius 3 is 2.54 bits per heavy atom. The van der Waals surface area contributed by atoms with Crippen LogP contribution >= 0.6 is 0 Å². The van der Waals surface area contributed by atoms with Crippen LogP contribution in [0.1, 0.15) is 15.9 Å². The molecule has 0 fully saturated rings. The van der Waals surface area contributed by atoms with Crippen molar-refractivity contribution in [3.05, 3.63) is 84.1 Å². The third-order valence-corrected chi connectivity index (χ3v) is 4.39. The molecule has 3 aromatic carbocycles. The fraction of sp³-hybridized carbons (Fsp3) is 0.0952. The third-order valence-electron chi connectivity index (χ3n) is 4.39. The number of aromatic nitrogens is 1. The molecule has 3 heteroatoms. The number of H-pyrrole nitrogens is 1. The number of fused-ring (bicyclic) bond motifs is 2. The molecule has 0 saturated heterocycles. The van der Waals surface area contributed by atoms with Crippen molar-refractivity contribution in [2.45, 2.75) is 6.42 Å². The summed E-state index contributed by atoms with van der Waals surface area (Å²) in [5.41, 5.74) is 3.09. The summed E-state index contributed by atoms with van der Waals surface area (Å²) in [6.07, 6.45) is 2.83. The molecule has 0 aliphatic heterocycles. The molecule has 0 aliphatic carbocycles. The van der Waals surface area contributed by atoms with E-state index in [0.29, 0.717) is 6.54 Å². The maximum absolute atomic E-state index is 12.5. The molecule has 0 saturated carbocycles. The molecule has 4 aromatic rings. The summed E-state index contributed by atoms with van der Waals surface area (Å²) < 4.78 is 0. The Bertz CT molecular complexity index is 1010. The lowest BCUT2D eigenvalue weighted by Gasteiger charge is -2.08. The van der Waals surface area contributed by atoms with Crippen molar-refractivity contribution in [2.24, 2.45) is 0 Å². The Balaban J connectivity index is 1.48. The van der Waals surface area contributed by atoms with E-state index in [-0.39, 0.29) is 5.91 Å². The van der Waals surface area contributed by atoms with Crippen molar-refractivity contribution in [3.8, 4) is 0 Å². The molecule has 0 bridgehead atoms. The Hall–Kier alpha value is -3.07. The van der Waals surface area contributed by atoms with Crippen molar-refractivity contribution in [3.63, 3.8) is 0 Å². The largest absolute Gasteiger partial charge is 0.361 e. The van der Waals surface area contributed by atoms with Crippen LogP contribution in [-0.4, -0.2) is 17.4 Å². The van der Waals surface area contributed by atoms with Gasteiger partial charge >= 0.3 is 0 Å². The SMILES string of the molecule is O=C(NCCc1c[nH]c2ccccc12)c1cccc2ccccc12. The Morgan fingerprint density at radius 1 is 0.875 bits per heavy atom. The first-order chi connectivity index (χ1) is 11.8. The van der Waals surface area contributed by atoms with Gasteiger partial charge in [0.15, 0.2) is 0 Å². The maximum Gasteiger partial charge on any atom is 0.251 e. The van der Waals surface area contributed by atoms with Gasteiger partial charge in [-0.05, 0) is 34.9 Å². The highest BCUT2D eigenvalue weighted by Crippen LogP contribution is 2.19. The first kappa shape index (κ1) is 14.5. The number of amides is 1. The zero-order valence-electron chi connectivity index (χ0n) is 13.3. The van der Waals surface area contributed by atoms with Gasteiger partial charge in [0.1, 0.15) is 0 Å². The van der Waals surface area contributed by atoms with Crippen LogP contribution in [-0.2, 0) is 6.42 Å². The lowest BCUT2D eigenvalue weighted by Crippen LogP contribution is -2.25. The van der Waals surface area contributed by atoms with Gasteiger partial charge in [0.2, 0.25) is 0 Å². The second-order valence-corrected chi connectivity index (χ2v) is 5.89. The first-order valence-corrected chi connectivity index (χ1v) is 8.14. The van der Waals surface area contributed by atoms with E-state index >= 15 is 0 Å². The number of carbonyl (C=O) groups is 1. The van der Waals surface area contributed by atoms with Crippen LogP contribution < -0.4 is 5.32 Å². The molecule has 0 radical (unpaired) electrons. The topological polar surface area (TPSA) is 44.9 Å². The zero-order valence-corrected chi connectivity index (χ0v) is 13.3. The van der Waals surface area contributed by atoms with Gasteiger partial charge in [0.25, 0.3) is 5.91 Å². The smallest absolute Gasteiger partial charge is 0.251 e. The first-order valence-electron chi connectivity index (χ1n) is 8.14. The van der Waals surface area contributed by atoms with Crippen molar-refractivity contribution < 1.29 is 4.79 Å². The van der Waals surface area contributed by atoms with Crippen LogP contribution in [0, 0.1) is 0 Å². The molecule has 118 valence electrons. The van der Waals surface area contributed by atoms with Gasteiger partial charge in [-0.15, -0.1) is 0 Å². The Labute approximate surface area is 140 Å². The minimum absolute atomic E-state index is 0.0216. The molecule has 1 heterocycles. The quantitative estimate of drug-likeness (QED) is 0.580. The molecule has 1 amide bonds. The second kappa shape index (κ2) is 6.20. The number of carbonyl (C=O) groups excluding carboxylic acids is 1. The van der Waals surface area contributed by atoms with Gasteiger partial charge in [-0.25, -0.2) is 0 Å². The molecular weight excluding hydrogens is 296 g/mol. The number of rotatable bonds is 4. The van der Waals surface area contributed by atoms with Crippen LogP contribution in [0.2, 0.25) is 0 Å². The summed E-state index contributed by atoms with van der Waals surface area (Å²) in [5.74, 6) is -0.0216. The highest BCUT2D eigenvalue weighted by Gasteiger charge is 2.09. The highest BCUT2D eigenvalue weighted by atomic mass is 16.1. The number of para-hydroxylation sites is 1. The summed E-state index contributed by atoms with van der Waals surface area (Å²) >= 11 is 0. The summed E-state index contributed by atoms with van der Waals surface area (Å²) in [6, 6.07) is 22.0. The van der Waals surface area contributed by atoms with Gasteiger partial charge in [-0.1, -0.05) is 54.6 Å². The van der Waals surface area contributed by atoms with Gasteiger partial charge in [0.05, 0.1) is 0 Å². The molecule has 0 unspecified atom stereocenters.